The molecule has 0 saturated carbocycles. The first-order valence-electron chi connectivity index (χ1n) is 6.39. The molecular weight excluding hydrogens is 261 g/mol. The standard InChI is InChI=1S/C14H14FN3O2/c15-11-3-1-2-4-12(11)20-10-14(19)18-8-7-17-6-5-16-13(17)9-18/h1-6H,7-10H2. The second kappa shape index (κ2) is 5.32. The Kier molecular flexibility index (Phi) is 3.37. The van der Waals surface area contributed by atoms with E-state index in [0.29, 0.717) is 13.1 Å². The molecule has 1 aromatic heterocycles. The van der Waals surface area contributed by atoms with Crippen LogP contribution >= 0.6 is 0 Å². The molecule has 104 valence electrons. The molecule has 2 heterocycles. The molecule has 0 radical (unpaired) electrons. The minimum atomic E-state index is -0.463. The molecule has 0 unspecified atom stereocenters. The van der Waals surface area contributed by atoms with Gasteiger partial charge in [-0.25, -0.2) is 9.37 Å². The van der Waals surface area contributed by atoms with Gasteiger partial charge in [-0.3, -0.25) is 4.79 Å². The van der Waals surface area contributed by atoms with Gasteiger partial charge in [0.25, 0.3) is 5.91 Å². The smallest absolute Gasteiger partial charge is 0.260 e. The number of ether oxygens (including phenoxy) is 1. The highest BCUT2D eigenvalue weighted by molar-refractivity contribution is 5.77. The van der Waals surface area contributed by atoms with E-state index in [4.69, 9.17) is 4.74 Å². The Morgan fingerprint density at radius 1 is 1.35 bits per heavy atom. The number of nitrogens with zero attached hydrogens (tertiary/aromatic N) is 3. The lowest BCUT2D eigenvalue weighted by molar-refractivity contribution is -0.134. The monoisotopic (exact) mass is 275 g/mol. The zero-order valence-electron chi connectivity index (χ0n) is 10.8. The van der Waals surface area contributed by atoms with Crippen LogP contribution in [-0.2, 0) is 17.9 Å². The molecular formula is C14H14FN3O2. The first-order valence-corrected chi connectivity index (χ1v) is 6.39. The van der Waals surface area contributed by atoms with Crippen LogP contribution in [0.2, 0.25) is 0 Å². The van der Waals surface area contributed by atoms with Crippen molar-refractivity contribution in [1.29, 1.82) is 0 Å². The van der Waals surface area contributed by atoms with Crippen molar-refractivity contribution >= 4 is 5.91 Å². The van der Waals surface area contributed by atoms with Crippen molar-refractivity contribution in [2.75, 3.05) is 13.2 Å². The van der Waals surface area contributed by atoms with Crippen LogP contribution in [0, 0.1) is 5.82 Å². The van der Waals surface area contributed by atoms with Gasteiger partial charge in [-0.2, -0.15) is 0 Å². The van der Waals surface area contributed by atoms with E-state index in [2.05, 4.69) is 4.98 Å². The minimum absolute atomic E-state index is 0.0966. The number of para-hydroxylation sites is 1. The van der Waals surface area contributed by atoms with Gasteiger partial charge in [-0.15, -0.1) is 0 Å². The summed E-state index contributed by atoms with van der Waals surface area (Å²) in [5.74, 6) is 0.326. The number of hydrogen-bond donors (Lipinski definition) is 0. The van der Waals surface area contributed by atoms with Gasteiger partial charge in [0.05, 0.1) is 6.54 Å². The van der Waals surface area contributed by atoms with Crippen LogP contribution < -0.4 is 4.74 Å². The summed E-state index contributed by atoms with van der Waals surface area (Å²) in [7, 11) is 0. The van der Waals surface area contributed by atoms with E-state index in [9.17, 15) is 9.18 Å². The molecule has 0 spiro atoms. The van der Waals surface area contributed by atoms with E-state index < -0.39 is 5.82 Å². The minimum Gasteiger partial charge on any atom is -0.481 e. The van der Waals surface area contributed by atoms with Crippen molar-refractivity contribution in [2.24, 2.45) is 0 Å². The van der Waals surface area contributed by atoms with E-state index in [0.717, 1.165) is 12.4 Å². The molecule has 0 bridgehead atoms. The quantitative estimate of drug-likeness (QED) is 0.851. The van der Waals surface area contributed by atoms with Gasteiger partial charge in [-0.05, 0) is 12.1 Å². The fraction of sp³-hybridized carbons (Fsp3) is 0.286. The Hall–Kier alpha value is -2.37. The number of aromatic nitrogens is 2. The summed E-state index contributed by atoms with van der Waals surface area (Å²) in [5.41, 5.74) is 0. The van der Waals surface area contributed by atoms with Gasteiger partial charge in [-0.1, -0.05) is 12.1 Å². The number of imidazole rings is 1. The summed E-state index contributed by atoms with van der Waals surface area (Å²) >= 11 is 0. The molecule has 0 atom stereocenters. The zero-order valence-corrected chi connectivity index (χ0v) is 10.8. The lowest BCUT2D eigenvalue weighted by Gasteiger charge is -2.27. The molecule has 1 aliphatic heterocycles. The number of benzene rings is 1. The van der Waals surface area contributed by atoms with Crippen molar-refractivity contribution in [1.82, 2.24) is 14.5 Å². The summed E-state index contributed by atoms with van der Waals surface area (Å²) in [6, 6.07) is 6.05. The lowest BCUT2D eigenvalue weighted by Crippen LogP contribution is -2.40. The first-order chi connectivity index (χ1) is 9.74. The first kappa shape index (κ1) is 12.7. The summed E-state index contributed by atoms with van der Waals surface area (Å²) in [4.78, 5) is 17.9. The van der Waals surface area contributed by atoms with E-state index in [1.807, 2.05) is 10.8 Å². The van der Waals surface area contributed by atoms with Gasteiger partial charge in [0.1, 0.15) is 5.82 Å². The predicted molar refractivity (Wildman–Crippen MR) is 69.5 cm³/mol. The number of amides is 1. The molecule has 5 nitrogen and oxygen atoms in total. The molecule has 1 aromatic carbocycles. The molecule has 0 N–H and O–H groups in total. The summed E-state index contributed by atoms with van der Waals surface area (Å²) < 4.78 is 20.6. The van der Waals surface area contributed by atoms with Crippen molar-refractivity contribution in [3.8, 4) is 5.75 Å². The van der Waals surface area contributed by atoms with Crippen LogP contribution in [-0.4, -0.2) is 33.5 Å². The van der Waals surface area contributed by atoms with Gasteiger partial charge >= 0.3 is 0 Å². The van der Waals surface area contributed by atoms with Crippen molar-refractivity contribution < 1.29 is 13.9 Å². The topological polar surface area (TPSA) is 47.4 Å². The van der Waals surface area contributed by atoms with Crippen LogP contribution in [0.3, 0.4) is 0 Å². The maximum atomic E-state index is 13.4. The molecule has 6 heteroatoms. The molecule has 2 aromatic rings. The summed E-state index contributed by atoms with van der Waals surface area (Å²) in [5, 5.41) is 0. The molecule has 0 fully saturated rings. The Bertz CT molecular complexity index is 626. The highest BCUT2D eigenvalue weighted by atomic mass is 19.1. The third-order valence-corrected chi connectivity index (χ3v) is 3.29. The number of halogens is 1. The van der Waals surface area contributed by atoms with E-state index in [1.165, 1.54) is 12.1 Å². The Morgan fingerprint density at radius 2 is 2.20 bits per heavy atom. The SMILES string of the molecule is O=C(COc1ccccc1F)N1CCn2ccnc2C1. The fourth-order valence-corrected chi connectivity index (χ4v) is 2.18. The number of hydrogen-bond acceptors (Lipinski definition) is 3. The van der Waals surface area contributed by atoms with E-state index in [-0.39, 0.29) is 18.3 Å². The Labute approximate surface area is 115 Å². The van der Waals surface area contributed by atoms with Gasteiger partial charge in [0.2, 0.25) is 0 Å². The fourth-order valence-electron chi connectivity index (χ4n) is 2.18. The largest absolute Gasteiger partial charge is 0.481 e. The second-order valence-corrected chi connectivity index (χ2v) is 4.57. The van der Waals surface area contributed by atoms with Crippen LogP contribution in [0.15, 0.2) is 36.7 Å². The van der Waals surface area contributed by atoms with Crippen LogP contribution in [0.1, 0.15) is 5.82 Å². The third-order valence-electron chi connectivity index (χ3n) is 3.29. The van der Waals surface area contributed by atoms with Crippen molar-refractivity contribution in [2.45, 2.75) is 13.1 Å². The summed E-state index contributed by atoms with van der Waals surface area (Å²) in [6.07, 6.45) is 3.62. The lowest BCUT2D eigenvalue weighted by atomic mass is 10.3. The molecule has 0 saturated heterocycles. The number of carbonyl (C=O) groups excluding carboxylic acids is 1. The number of fused-ring (bicyclic) bond motifs is 1. The van der Waals surface area contributed by atoms with Crippen molar-refractivity contribution in [3.63, 3.8) is 0 Å². The van der Waals surface area contributed by atoms with Crippen LogP contribution in [0.25, 0.3) is 0 Å². The Balaban J connectivity index is 1.59. The van der Waals surface area contributed by atoms with Crippen LogP contribution in [0.4, 0.5) is 4.39 Å². The predicted octanol–water partition coefficient (Wildman–Crippen LogP) is 1.44. The maximum Gasteiger partial charge on any atom is 0.260 e. The van der Waals surface area contributed by atoms with Crippen LogP contribution in [0.5, 0.6) is 5.75 Å². The van der Waals surface area contributed by atoms with E-state index >= 15 is 0 Å². The normalized spacial score (nSPS) is 13.9. The third kappa shape index (κ3) is 2.49. The van der Waals surface area contributed by atoms with Gasteiger partial charge in [0.15, 0.2) is 18.2 Å². The second-order valence-electron chi connectivity index (χ2n) is 4.57. The molecule has 20 heavy (non-hydrogen) atoms. The number of carbonyl (C=O) groups is 1. The van der Waals surface area contributed by atoms with Crippen molar-refractivity contribution in [3.05, 3.63) is 48.3 Å². The number of rotatable bonds is 3. The average molecular weight is 275 g/mol. The maximum absolute atomic E-state index is 13.4. The van der Waals surface area contributed by atoms with Gasteiger partial charge < -0.3 is 14.2 Å². The molecule has 1 aliphatic rings. The molecule has 3 rings (SSSR count). The molecule has 1 amide bonds. The van der Waals surface area contributed by atoms with Gasteiger partial charge in [0, 0.05) is 25.5 Å². The zero-order chi connectivity index (χ0) is 13.9. The van der Waals surface area contributed by atoms with E-state index in [1.54, 1.807) is 23.2 Å². The summed E-state index contributed by atoms with van der Waals surface area (Å²) in [6.45, 7) is 1.64. The Morgan fingerprint density at radius 3 is 3.05 bits per heavy atom. The highest BCUT2D eigenvalue weighted by Crippen LogP contribution is 2.16. The average Bonchev–Trinajstić information content (AvgIpc) is 2.93. The molecule has 0 aliphatic carbocycles. The highest BCUT2D eigenvalue weighted by Gasteiger charge is 2.21.